The SMILES string of the molecule is CCC(C)CCCCCCCCC(=O)OC[C@@H](COC(=O)CCCCCCCCCCCCCCCCCC(C)C)OC(=O)CCCCCCCCCCC(C)C. The molecule has 0 aliphatic carbocycles. The van der Waals surface area contributed by atoms with E-state index in [-0.39, 0.29) is 31.1 Å². The van der Waals surface area contributed by atoms with E-state index in [1.165, 1.54) is 154 Å². The highest BCUT2D eigenvalue weighted by atomic mass is 16.6. The van der Waals surface area contributed by atoms with Crippen molar-refractivity contribution in [2.45, 2.75) is 279 Å². The standard InChI is InChI=1S/C51H98O6/c1-7-47(6)39-33-27-23-24-29-35-41-50(53)56-44-48(57-51(54)42-36-30-22-18-17-20-26-32-38-46(4)5)43-55-49(52)40-34-28-21-16-14-12-10-8-9-11-13-15-19-25-31-37-45(2)3/h45-48H,7-44H2,1-6H3/t47?,48-/m1/s1. The average Bonchev–Trinajstić information content (AvgIpc) is 3.18. The number of carbonyl (C=O) groups is 3. The molecule has 0 saturated heterocycles. The zero-order valence-electron chi connectivity index (χ0n) is 39.1. The van der Waals surface area contributed by atoms with Gasteiger partial charge in [0.15, 0.2) is 6.10 Å². The Labute approximate surface area is 355 Å². The van der Waals surface area contributed by atoms with Crippen LogP contribution in [0.15, 0.2) is 0 Å². The first kappa shape index (κ1) is 55.4. The summed E-state index contributed by atoms with van der Waals surface area (Å²) in [6.45, 7) is 13.7. The molecule has 0 spiro atoms. The zero-order chi connectivity index (χ0) is 42.0. The normalized spacial score (nSPS) is 12.6. The first-order valence-corrected chi connectivity index (χ1v) is 25.1. The molecule has 0 fully saturated rings. The summed E-state index contributed by atoms with van der Waals surface area (Å²) in [5, 5.41) is 0. The van der Waals surface area contributed by atoms with Crippen molar-refractivity contribution in [2.75, 3.05) is 13.2 Å². The van der Waals surface area contributed by atoms with Gasteiger partial charge in [0.1, 0.15) is 13.2 Å². The third kappa shape index (κ3) is 43.8. The molecule has 0 rings (SSSR count). The Balaban J connectivity index is 4.26. The maximum atomic E-state index is 12.7. The molecule has 0 saturated carbocycles. The Morgan fingerprint density at radius 2 is 0.614 bits per heavy atom. The fraction of sp³-hybridized carbons (Fsp3) is 0.941. The maximum Gasteiger partial charge on any atom is 0.306 e. The third-order valence-electron chi connectivity index (χ3n) is 11.8. The van der Waals surface area contributed by atoms with Gasteiger partial charge in [-0.2, -0.15) is 0 Å². The van der Waals surface area contributed by atoms with E-state index in [0.717, 1.165) is 75.5 Å². The van der Waals surface area contributed by atoms with Crippen LogP contribution in [0, 0.1) is 17.8 Å². The molecule has 338 valence electrons. The number of carbonyl (C=O) groups excluding carboxylic acids is 3. The Bertz CT molecular complexity index is 885. The van der Waals surface area contributed by atoms with Crippen molar-refractivity contribution in [3.8, 4) is 0 Å². The van der Waals surface area contributed by atoms with E-state index < -0.39 is 6.10 Å². The van der Waals surface area contributed by atoms with Gasteiger partial charge in [-0.1, -0.05) is 234 Å². The van der Waals surface area contributed by atoms with Gasteiger partial charge >= 0.3 is 17.9 Å². The summed E-state index contributed by atoms with van der Waals surface area (Å²) < 4.78 is 16.8. The lowest BCUT2D eigenvalue weighted by Crippen LogP contribution is -2.30. The van der Waals surface area contributed by atoms with E-state index in [2.05, 4.69) is 41.5 Å². The summed E-state index contributed by atoms with van der Waals surface area (Å²) in [6, 6.07) is 0. The molecule has 0 aromatic carbocycles. The highest BCUT2D eigenvalue weighted by Crippen LogP contribution is 2.18. The highest BCUT2D eigenvalue weighted by Gasteiger charge is 2.19. The third-order valence-corrected chi connectivity index (χ3v) is 11.8. The monoisotopic (exact) mass is 807 g/mol. The summed E-state index contributed by atoms with van der Waals surface area (Å²) in [5.41, 5.74) is 0. The molecule has 2 atom stereocenters. The number of hydrogen-bond donors (Lipinski definition) is 0. The average molecular weight is 807 g/mol. The molecule has 0 N–H and O–H groups in total. The van der Waals surface area contributed by atoms with Crippen molar-refractivity contribution >= 4 is 17.9 Å². The van der Waals surface area contributed by atoms with Crippen molar-refractivity contribution in [2.24, 2.45) is 17.8 Å². The molecular weight excluding hydrogens is 709 g/mol. The number of esters is 3. The van der Waals surface area contributed by atoms with Gasteiger partial charge in [-0.3, -0.25) is 14.4 Å². The molecule has 0 aromatic heterocycles. The molecule has 6 nitrogen and oxygen atoms in total. The molecule has 6 heteroatoms. The lowest BCUT2D eigenvalue weighted by Gasteiger charge is -2.18. The van der Waals surface area contributed by atoms with Crippen LogP contribution in [0.2, 0.25) is 0 Å². The van der Waals surface area contributed by atoms with Gasteiger partial charge in [0.2, 0.25) is 0 Å². The van der Waals surface area contributed by atoms with Gasteiger partial charge in [-0.15, -0.1) is 0 Å². The first-order chi connectivity index (χ1) is 27.6. The summed E-state index contributed by atoms with van der Waals surface area (Å²) in [7, 11) is 0. The van der Waals surface area contributed by atoms with E-state index in [1.807, 2.05) is 0 Å². The number of rotatable bonds is 44. The lowest BCUT2D eigenvalue weighted by atomic mass is 10.00. The highest BCUT2D eigenvalue weighted by molar-refractivity contribution is 5.71. The Morgan fingerprint density at radius 1 is 0.351 bits per heavy atom. The lowest BCUT2D eigenvalue weighted by molar-refractivity contribution is -0.167. The predicted molar refractivity (Wildman–Crippen MR) is 243 cm³/mol. The fourth-order valence-electron chi connectivity index (χ4n) is 7.55. The predicted octanol–water partition coefficient (Wildman–Crippen LogP) is 16.0. The van der Waals surface area contributed by atoms with Gasteiger partial charge in [-0.25, -0.2) is 0 Å². The zero-order valence-corrected chi connectivity index (χ0v) is 39.1. The van der Waals surface area contributed by atoms with Crippen molar-refractivity contribution in [3.63, 3.8) is 0 Å². The topological polar surface area (TPSA) is 78.9 Å². The summed E-state index contributed by atoms with van der Waals surface area (Å²) in [5.74, 6) is 1.60. The second-order valence-electron chi connectivity index (χ2n) is 18.6. The van der Waals surface area contributed by atoms with Crippen molar-refractivity contribution < 1.29 is 28.6 Å². The van der Waals surface area contributed by atoms with Crippen molar-refractivity contribution in [1.29, 1.82) is 0 Å². The molecule has 0 amide bonds. The van der Waals surface area contributed by atoms with Crippen molar-refractivity contribution in [1.82, 2.24) is 0 Å². The number of unbranched alkanes of at least 4 members (excludes halogenated alkanes) is 26. The van der Waals surface area contributed by atoms with Crippen LogP contribution in [0.3, 0.4) is 0 Å². The number of ether oxygens (including phenoxy) is 3. The Morgan fingerprint density at radius 3 is 0.912 bits per heavy atom. The first-order valence-electron chi connectivity index (χ1n) is 25.1. The van der Waals surface area contributed by atoms with Crippen LogP contribution in [0.4, 0.5) is 0 Å². The quantitative estimate of drug-likeness (QED) is 0.0347. The van der Waals surface area contributed by atoms with E-state index in [0.29, 0.717) is 19.3 Å². The summed E-state index contributed by atoms with van der Waals surface area (Å²) in [6.07, 6.45) is 41.0. The molecule has 0 heterocycles. The van der Waals surface area contributed by atoms with Crippen LogP contribution < -0.4 is 0 Å². The van der Waals surface area contributed by atoms with Crippen LogP contribution in [0.5, 0.6) is 0 Å². The summed E-state index contributed by atoms with van der Waals surface area (Å²) >= 11 is 0. The smallest absolute Gasteiger partial charge is 0.306 e. The molecule has 0 aromatic rings. The molecular formula is C51H98O6. The minimum absolute atomic E-state index is 0.0659. The van der Waals surface area contributed by atoms with Crippen LogP contribution >= 0.6 is 0 Å². The fourth-order valence-corrected chi connectivity index (χ4v) is 7.55. The molecule has 57 heavy (non-hydrogen) atoms. The second-order valence-corrected chi connectivity index (χ2v) is 18.6. The van der Waals surface area contributed by atoms with E-state index in [4.69, 9.17) is 14.2 Å². The van der Waals surface area contributed by atoms with Crippen molar-refractivity contribution in [3.05, 3.63) is 0 Å². The minimum Gasteiger partial charge on any atom is -0.462 e. The van der Waals surface area contributed by atoms with E-state index >= 15 is 0 Å². The van der Waals surface area contributed by atoms with Gasteiger partial charge in [0.05, 0.1) is 0 Å². The van der Waals surface area contributed by atoms with Crippen LogP contribution in [-0.2, 0) is 28.6 Å². The number of hydrogen-bond acceptors (Lipinski definition) is 6. The molecule has 0 aliphatic heterocycles. The van der Waals surface area contributed by atoms with Gasteiger partial charge < -0.3 is 14.2 Å². The molecule has 0 radical (unpaired) electrons. The van der Waals surface area contributed by atoms with E-state index in [1.54, 1.807) is 0 Å². The second kappa shape index (κ2) is 42.5. The summed E-state index contributed by atoms with van der Waals surface area (Å²) in [4.78, 5) is 37.8. The molecule has 0 bridgehead atoms. The minimum atomic E-state index is -0.763. The molecule has 1 unspecified atom stereocenters. The van der Waals surface area contributed by atoms with Gasteiger partial charge in [-0.05, 0) is 37.0 Å². The maximum absolute atomic E-state index is 12.7. The molecule has 0 aliphatic rings. The Kier molecular flexibility index (Phi) is 41.3. The van der Waals surface area contributed by atoms with Crippen LogP contribution in [0.25, 0.3) is 0 Å². The van der Waals surface area contributed by atoms with Crippen LogP contribution in [0.1, 0.15) is 273 Å². The Hall–Kier alpha value is -1.59. The van der Waals surface area contributed by atoms with Gasteiger partial charge in [0, 0.05) is 19.3 Å². The van der Waals surface area contributed by atoms with Crippen LogP contribution in [-0.4, -0.2) is 37.2 Å². The largest absolute Gasteiger partial charge is 0.462 e. The van der Waals surface area contributed by atoms with Gasteiger partial charge in [0.25, 0.3) is 0 Å². The van der Waals surface area contributed by atoms with E-state index in [9.17, 15) is 14.4 Å².